The Morgan fingerprint density at radius 3 is 2.50 bits per heavy atom. The highest BCUT2D eigenvalue weighted by atomic mass is 19.4. The molecule has 7 nitrogen and oxygen atoms in total. The maximum Gasteiger partial charge on any atom is 0.573 e. The standard InChI is InChI=1S/C22H19F3N4O3/c23-22(24,25)32-17-6-4-16(5-7-17)29-20-18(14(12-30)8-9-26-20)19(27-29)15-10-28(11-15)21(31)13-2-1-3-13/h2,4-9,15,30H,1,3,10-12H2. The van der Waals surface area contributed by atoms with Crippen molar-refractivity contribution in [3.8, 4) is 11.4 Å². The summed E-state index contributed by atoms with van der Waals surface area (Å²) in [5.74, 6) is -0.303. The lowest BCUT2D eigenvalue weighted by Crippen LogP contribution is -2.49. The van der Waals surface area contributed by atoms with E-state index in [1.54, 1.807) is 21.8 Å². The zero-order valence-electron chi connectivity index (χ0n) is 16.8. The number of halogens is 3. The summed E-state index contributed by atoms with van der Waals surface area (Å²) in [4.78, 5) is 18.6. The molecule has 5 rings (SSSR count). The third-order valence-corrected chi connectivity index (χ3v) is 5.80. The number of aliphatic hydroxyl groups excluding tert-OH is 1. The minimum absolute atomic E-state index is 0.0225. The van der Waals surface area contributed by atoms with Crippen molar-refractivity contribution in [2.75, 3.05) is 13.1 Å². The summed E-state index contributed by atoms with van der Waals surface area (Å²) < 4.78 is 42.8. The van der Waals surface area contributed by atoms with E-state index in [-0.39, 0.29) is 24.2 Å². The number of hydrogen-bond donors (Lipinski definition) is 1. The van der Waals surface area contributed by atoms with Crippen LogP contribution in [0.3, 0.4) is 0 Å². The van der Waals surface area contributed by atoms with Crippen LogP contribution >= 0.6 is 0 Å². The Morgan fingerprint density at radius 2 is 1.91 bits per heavy atom. The van der Waals surface area contributed by atoms with E-state index in [1.165, 1.54) is 24.3 Å². The Hall–Kier alpha value is -3.40. The fourth-order valence-electron chi connectivity index (χ4n) is 4.02. The molecule has 1 saturated heterocycles. The molecule has 1 amide bonds. The molecule has 32 heavy (non-hydrogen) atoms. The number of hydrogen-bond acceptors (Lipinski definition) is 5. The summed E-state index contributed by atoms with van der Waals surface area (Å²) in [7, 11) is 0. The van der Waals surface area contributed by atoms with Crippen LogP contribution in [-0.4, -0.2) is 50.1 Å². The molecular weight excluding hydrogens is 425 g/mol. The Morgan fingerprint density at radius 1 is 1.19 bits per heavy atom. The van der Waals surface area contributed by atoms with Gasteiger partial charge in [0.25, 0.3) is 0 Å². The fraction of sp³-hybridized carbons (Fsp3) is 0.318. The number of likely N-dealkylation sites (tertiary alicyclic amines) is 1. The van der Waals surface area contributed by atoms with Crippen LogP contribution in [-0.2, 0) is 11.4 Å². The molecule has 10 heteroatoms. The average molecular weight is 444 g/mol. The van der Waals surface area contributed by atoms with Crippen LogP contribution < -0.4 is 4.74 Å². The second kappa shape index (κ2) is 7.63. The molecule has 3 aromatic rings. The fourth-order valence-corrected chi connectivity index (χ4v) is 4.02. The molecule has 1 N–H and O–H groups in total. The van der Waals surface area contributed by atoms with E-state index in [1.807, 2.05) is 6.08 Å². The molecule has 2 aromatic heterocycles. The Bertz CT molecular complexity index is 1210. The number of aromatic nitrogens is 3. The van der Waals surface area contributed by atoms with Crippen molar-refractivity contribution in [3.63, 3.8) is 0 Å². The van der Waals surface area contributed by atoms with Gasteiger partial charge in [-0.25, -0.2) is 9.67 Å². The number of nitrogens with zero attached hydrogens (tertiary/aromatic N) is 4. The monoisotopic (exact) mass is 444 g/mol. The van der Waals surface area contributed by atoms with E-state index in [9.17, 15) is 23.1 Å². The number of allylic oxidation sites excluding steroid dienone is 1. The highest BCUT2D eigenvalue weighted by molar-refractivity contribution is 5.95. The summed E-state index contributed by atoms with van der Waals surface area (Å²) in [5.41, 5.74) is 3.20. The molecule has 0 unspecified atom stereocenters. The molecule has 2 aliphatic rings. The van der Waals surface area contributed by atoms with Crippen molar-refractivity contribution in [2.45, 2.75) is 31.7 Å². The van der Waals surface area contributed by atoms with E-state index in [0.29, 0.717) is 41.1 Å². The van der Waals surface area contributed by atoms with Crippen LogP contribution in [0.5, 0.6) is 5.75 Å². The molecule has 0 radical (unpaired) electrons. The molecule has 1 aliphatic heterocycles. The SMILES string of the molecule is O=C(C1=CCC1)N1CC(c2nn(-c3ccc(OC(F)(F)F)cc3)c3nccc(CO)c23)C1. The van der Waals surface area contributed by atoms with Gasteiger partial charge < -0.3 is 14.7 Å². The van der Waals surface area contributed by atoms with E-state index < -0.39 is 6.36 Å². The molecule has 0 atom stereocenters. The van der Waals surface area contributed by atoms with E-state index in [2.05, 4.69) is 9.72 Å². The first kappa shape index (κ1) is 20.5. The van der Waals surface area contributed by atoms with Crippen molar-refractivity contribution in [2.24, 2.45) is 0 Å². The minimum atomic E-state index is -4.77. The quantitative estimate of drug-likeness (QED) is 0.652. The second-order valence-electron chi connectivity index (χ2n) is 7.84. The summed E-state index contributed by atoms with van der Waals surface area (Å²) in [6.07, 6.45) is 0.472. The predicted octanol–water partition coefficient (Wildman–Crippen LogP) is 3.46. The van der Waals surface area contributed by atoms with Crippen LogP contribution in [0.2, 0.25) is 0 Å². The van der Waals surface area contributed by atoms with Crippen LogP contribution in [0.1, 0.15) is 30.0 Å². The summed E-state index contributed by atoms with van der Waals surface area (Å²) >= 11 is 0. The lowest BCUT2D eigenvalue weighted by molar-refractivity contribution is -0.274. The molecule has 0 bridgehead atoms. The van der Waals surface area contributed by atoms with Gasteiger partial charge in [0.2, 0.25) is 5.91 Å². The molecular formula is C22H19F3N4O3. The first-order valence-electron chi connectivity index (χ1n) is 10.2. The average Bonchev–Trinajstić information content (AvgIpc) is 3.04. The van der Waals surface area contributed by atoms with E-state index >= 15 is 0 Å². The van der Waals surface area contributed by atoms with Crippen molar-refractivity contribution >= 4 is 16.9 Å². The first-order chi connectivity index (χ1) is 15.3. The first-order valence-corrected chi connectivity index (χ1v) is 10.2. The molecule has 166 valence electrons. The number of ether oxygens (including phenoxy) is 1. The van der Waals surface area contributed by atoms with Crippen molar-refractivity contribution < 1.29 is 27.8 Å². The van der Waals surface area contributed by atoms with Gasteiger partial charge in [-0.1, -0.05) is 6.08 Å². The van der Waals surface area contributed by atoms with Gasteiger partial charge in [0.1, 0.15) is 5.75 Å². The minimum Gasteiger partial charge on any atom is -0.406 e. The lowest BCUT2D eigenvalue weighted by atomic mass is 9.90. The second-order valence-corrected chi connectivity index (χ2v) is 7.84. The van der Waals surface area contributed by atoms with Crippen LogP contribution in [0.15, 0.2) is 48.2 Å². The van der Waals surface area contributed by atoms with Crippen LogP contribution in [0.4, 0.5) is 13.2 Å². The Kier molecular flexibility index (Phi) is 4.89. The van der Waals surface area contributed by atoms with Crippen LogP contribution in [0.25, 0.3) is 16.7 Å². The zero-order chi connectivity index (χ0) is 22.5. The Balaban J connectivity index is 1.48. The van der Waals surface area contributed by atoms with Gasteiger partial charge in [-0.05, 0) is 48.7 Å². The topological polar surface area (TPSA) is 80.5 Å². The Labute approximate surface area is 180 Å². The highest BCUT2D eigenvalue weighted by Crippen LogP contribution is 2.36. The van der Waals surface area contributed by atoms with Gasteiger partial charge in [-0.15, -0.1) is 13.2 Å². The molecule has 0 saturated carbocycles. The van der Waals surface area contributed by atoms with Gasteiger partial charge in [-0.2, -0.15) is 5.10 Å². The smallest absolute Gasteiger partial charge is 0.406 e. The number of alkyl halides is 3. The molecule has 1 aromatic carbocycles. The summed E-state index contributed by atoms with van der Waals surface area (Å²) in [5, 5.41) is 15.2. The number of benzene rings is 1. The van der Waals surface area contributed by atoms with E-state index in [0.717, 1.165) is 18.4 Å². The lowest BCUT2D eigenvalue weighted by Gasteiger charge is -2.40. The zero-order valence-corrected chi connectivity index (χ0v) is 16.8. The number of rotatable bonds is 5. The number of carbonyl (C=O) groups is 1. The number of carbonyl (C=O) groups excluding carboxylic acids is 1. The van der Waals surface area contributed by atoms with Crippen molar-refractivity contribution in [1.29, 1.82) is 0 Å². The van der Waals surface area contributed by atoms with Gasteiger partial charge in [0.05, 0.1) is 18.0 Å². The maximum atomic E-state index is 12.5. The van der Waals surface area contributed by atoms with E-state index in [4.69, 9.17) is 5.10 Å². The number of aliphatic hydroxyl groups is 1. The van der Waals surface area contributed by atoms with Gasteiger partial charge >= 0.3 is 6.36 Å². The summed E-state index contributed by atoms with van der Waals surface area (Å²) in [6.45, 7) is 0.819. The van der Waals surface area contributed by atoms with Gasteiger partial charge in [0.15, 0.2) is 5.65 Å². The largest absolute Gasteiger partial charge is 0.573 e. The third-order valence-electron chi connectivity index (χ3n) is 5.80. The molecule has 1 fully saturated rings. The van der Waals surface area contributed by atoms with Crippen LogP contribution in [0, 0.1) is 0 Å². The molecule has 0 spiro atoms. The van der Waals surface area contributed by atoms with Gasteiger partial charge in [-0.3, -0.25) is 4.79 Å². The molecule has 1 aliphatic carbocycles. The summed E-state index contributed by atoms with van der Waals surface area (Å²) in [6, 6.07) is 7.05. The normalized spacial score (nSPS) is 16.5. The number of amides is 1. The number of fused-ring (bicyclic) bond motifs is 1. The maximum absolute atomic E-state index is 12.5. The third kappa shape index (κ3) is 3.60. The highest BCUT2D eigenvalue weighted by Gasteiger charge is 2.37. The molecule has 3 heterocycles. The number of pyridine rings is 1. The predicted molar refractivity (Wildman–Crippen MR) is 108 cm³/mol. The van der Waals surface area contributed by atoms with Crippen molar-refractivity contribution in [3.05, 3.63) is 59.4 Å². The van der Waals surface area contributed by atoms with Gasteiger partial charge in [0, 0.05) is 36.2 Å². The van der Waals surface area contributed by atoms with Crippen molar-refractivity contribution in [1.82, 2.24) is 19.7 Å².